The first-order valence-electron chi connectivity index (χ1n) is 7.11. The molecule has 0 atom stereocenters. The van der Waals surface area contributed by atoms with E-state index in [0.717, 1.165) is 12.0 Å². The molecule has 1 N–H and O–H groups in total. The minimum atomic E-state index is -0.203. The number of hydrogen-bond acceptors (Lipinski definition) is 4. The smallest absolute Gasteiger partial charge is 0.229 e. The van der Waals surface area contributed by atoms with Crippen LogP contribution in [0.25, 0.3) is 0 Å². The maximum atomic E-state index is 12.1. The van der Waals surface area contributed by atoms with E-state index in [0.29, 0.717) is 40.6 Å². The van der Waals surface area contributed by atoms with Gasteiger partial charge < -0.3 is 14.8 Å². The van der Waals surface area contributed by atoms with Gasteiger partial charge in [-0.1, -0.05) is 23.2 Å². The number of nitrogens with one attached hydrogen (secondary N) is 1. The molecule has 7 heteroatoms. The van der Waals surface area contributed by atoms with Crippen LogP contribution in [0.2, 0.25) is 10.0 Å². The molecule has 2 heterocycles. The average molecular weight is 353 g/mol. The average Bonchev–Trinajstić information content (AvgIpc) is 2.75. The quantitative estimate of drug-likeness (QED) is 0.914. The van der Waals surface area contributed by atoms with E-state index in [9.17, 15) is 4.79 Å². The highest BCUT2D eigenvalue weighted by Gasteiger charge is 2.17. The summed E-state index contributed by atoms with van der Waals surface area (Å²) < 4.78 is 11.2. The SMILES string of the molecule is O=C(Cc1cc(Cl)c2c(c1)OCCCO2)Nc1ccc(Cl)cn1. The molecule has 2 aromatic rings. The Bertz CT molecular complexity index is 720. The van der Waals surface area contributed by atoms with Crippen LogP contribution < -0.4 is 14.8 Å². The van der Waals surface area contributed by atoms with Crippen molar-refractivity contribution in [3.8, 4) is 11.5 Å². The Morgan fingerprint density at radius 2 is 2.04 bits per heavy atom. The number of aromatic nitrogens is 1. The Kier molecular flexibility index (Phi) is 4.88. The summed E-state index contributed by atoms with van der Waals surface area (Å²) in [5.41, 5.74) is 0.741. The van der Waals surface area contributed by atoms with Crippen molar-refractivity contribution in [2.75, 3.05) is 18.5 Å². The number of amides is 1. The van der Waals surface area contributed by atoms with Crippen molar-refractivity contribution in [1.82, 2.24) is 4.98 Å². The Balaban J connectivity index is 1.72. The molecule has 0 saturated carbocycles. The number of fused-ring (bicyclic) bond motifs is 1. The summed E-state index contributed by atoms with van der Waals surface area (Å²) in [7, 11) is 0. The molecule has 1 aromatic heterocycles. The summed E-state index contributed by atoms with van der Waals surface area (Å²) in [6, 6.07) is 6.79. The highest BCUT2D eigenvalue weighted by molar-refractivity contribution is 6.32. The number of halogens is 2. The molecule has 23 heavy (non-hydrogen) atoms. The zero-order valence-electron chi connectivity index (χ0n) is 12.1. The first-order valence-corrected chi connectivity index (χ1v) is 7.87. The van der Waals surface area contributed by atoms with E-state index in [-0.39, 0.29) is 12.3 Å². The van der Waals surface area contributed by atoms with Crippen LogP contribution in [0, 0.1) is 0 Å². The van der Waals surface area contributed by atoms with Crippen LogP contribution in [0.15, 0.2) is 30.5 Å². The van der Waals surface area contributed by atoms with E-state index in [4.69, 9.17) is 32.7 Å². The van der Waals surface area contributed by atoms with Gasteiger partial charge in [0.25, 0.3) is 0 Å². The van der Waals surface area contributed by atoms with E-state index in [1.807, 2.05) is 0 Å². The third-order valence-corrected chi connectivity index (χ3v) is 3.73. The number of carbonyl (C=O) groups excluding carboxylic acids is 1. The summed E-state index contributed by atoms with van der Waals surface area (Å²) in [5.74, 6) is 1.35. The van der Waals surface area contributed by atoms with Crippen LogP contribution in [-0.2, 0) is 11.2 Å². The molecule has 0 radical (unpaired) electrons. The van der Waals surface area contributed by atoms with Gasteiger partial charge in [0.2, 0.25) is 5.91 Å². The van der Waals surface area contributed by atoms with Crippen LogP contribution >= 0.6 is 23.2 Å². The van der Waals surface area contributed by atoms with E-state index < -0.39 is 0 Å². The third kappa shape index (κ3) is 4.06. The standard InChI is InChI=1S/C16H14Cl2N2O3/c17-11-2-3-14(19-9-11)20-15(21)8-10-6-12(18)16-13(7-10)22-4-1-5-23-16/h2-3,6-7,9H,1,4-5,8H2,(H,19,20,21). The van der Waals surface area contributed by atoms with Crippen molar-refractivity contribution in [2.45, 2.75) is 12.8 Å². The number of nitrogens with zero attached hydrogens (tertiary/aromatic N) is 1. The number of rotatable bonds is 3. The third-order valence-electron chi connectivity index (χ3n) is 3.22. The molecule has 3 rings (SSSR count). The van der Waals surface area contributed by atoms with Gasteiger partial charge in [-0.25, -0.2) is 4.98 Å². The van der Waals surface area contributed by atoms with Crippen molar-refractivity contribution in [3.05, 3.63) is 46.1 Å². The Labute approximate surface area is 143 Å². The van der Waals surface area contributed by atoms with Gasteiger partial charge in [-0.2, -0.15) is 0 Å². The Morgan fingerprint density at radius 3 is 2.83 bits per heavy atom. The number of ether oxygens (including phenoxy) is 2. The predicted molar refractivity (Wildman–Crippen MR) is 88.6 cm³/mol. The largest absolute Gasteiger partial charge is 0.489 e. The van der Waals surface area contributed by atoms with Crippen molar-refractivity contribution in [2.24, 2.45) is 0 Å². The highest BCUT2D eigenvalue weighted by atomic mass is 35.5. The summed E-state index contributed by atoms with van der Waals surface area (Å²) in [6.45, 7) is 1.13. The highest BCUT2D eigenvalue weighted by Crippen LogP contribution is 2.38. The van der Waals surface area contributed by atoms with Crippen molar-refractivity contribution in [1.29, 1.82) is 0 Å². The topological polar surface area (TPSA) is 60.5 Å². The molecule has 0 spiro atoms. The van der Waals surface area contributed by atoms with Crippen LogP contribution in [0.4, 0.5) is 5.82 Å². The zero-order chi connectivity index (χ0) is 16.2. The molecule has 0 saturated heterocycles. The van der Waals surface area contributed by atoms with Gasteiger partial charge in [-0.05, 0) is 29.8 Å². The van der Waals surface area contributed by atoms with Crippen LogP contribution in [0.3, 0.4) is 0 Å². The number of hydrogen-bond donors (Lipinski definition) is 1. The molecular weight excluding hydrogens is 339 g/mol. The molecule has 120 valence electrons. The molecule has 1 aliphatic rings. The molecular formula is C16H14Cl2N2O3. The first-order chi connectivity index (χ1) is 11.1. The minimum absolute atomic E-state index is 0.153. The fourth-order valence-electron chi connectivity index (χ4n) is 2.21. The number of carbonyl (C=O) groups is 1. The van der Waals surface area contributed by atoms with Crippen molar-refractivity contribution >= 4 is 34.9 Å². The normalized spacial score (nSPS) is 13.3. The van der Waals surface area contributed by atoms with Gasteiger partial charge in [0, 0.05) is 12.6 Å². The van der Waals surface area contributed by atoms with Crippen LogP contribution in [0.1, 0.15) is 12.0 Å². The van der Waals surface area contributed by atoms with E-state index in [1.165, 1.54) is 6.20 Å². The van der Waals surface area contributed by atoms with Gasteiger partial charge in [0.1, 0.15) is 5.82 Å². The summed E-state index contributed by atoms with van der Waals surface area (Å²) in [6.07, 6.45) is 2.42. The Morgan fingerprint density at radius 1 is 1.22 bits per heavy atom. The van der Waals surface area contributed by atoms with Gasteiger partial charge in [-0.15, -0.1) is 0 Å². The molecule has 0 aliphatic carbocycles. The number of pyridine rings is 1. The van der Waals surface area contributed by atoms with E-state index >= 15 is 0 Å². The van der Waals surface area contributed by atoms with Gasteiger partial charge in [0.15, 0.2) is 11.5 Å². The maximum absolute atomic E-state index is 12.1. The van der Waals surface area contributed by atoms with E-state index in [2.05, 4.69) is 10.3 Å². The predicted octanol–water partition coefficient (Wildman–Crippen LogP) is 3.73. The zero-order valence-corrected chi connectivity index (χ0v) is 13.7. The first kappa shape index (κ1) is 15.9. The van der Waals surface area contributed by atoms with Gasteiger partial charge in [0.05, 0.1) is 29.7 Å². The lowest BCUT2D eigenvalue weighted by Crippen LogP contribution is -2.15. The number of anilines is 1. The molecule has 1 aliphatic heterocycles. The van der Waals surface area contributed by atoms with Crippen LogP contribution in [0.5, 0.6) is 11.5 Å². The molecule has 1 aromatic carbocycles. The molecule has 1 amide bonds. The summed E-state index contributed by atoms with van der Waals surface area (Å²) in [5, 5.41) is 3.66. The van der Waals surface area contributed by atoms with Crippen molar-refractivity contribution in [3.63, 3.8) is 0 Å². The second-order valence-corrected chi connectivity index (χ2v) is 5.89. The molecule has 0 fully saturated rings. The molecule has 0 bridgehead atoms. The van der Waals surface area contributed by atoms with E-state index in [1.54, 1.807) is 24.3 Å². The molecule has 5 nitrogen and oxygen atoms in total. The minimum Gasteiger partial charge on any atom is -0.489 e. The fourth-order valence-corrected chi connectivity index (χ4v) is 2.61. The van der Waals surface area contributed by atoms with Gasteiger partial charge >= 0.3 is 0 Å². The molecule has 0 unspecified atom stereocenters. The lowest BCUT2D eigenvalue weighted by atomic mass is 10.1. The van der Waals surface area contributed by atoms with Crippen molar-refractivity contribution < 1.29 is 14.3 Å². The Hall–Kier alpha value is -1.98. The number of benzene rings is 1. The summed E-state index contributed by atoms with van der Waals surface area (Å²) >= 11 is 12.0. The fraction of sp³-hybridized carbons (Fsp3) is 0.250. The monoisotopic (exact) mass is 352 g/mol. The second-order valence-electron chi connectivity index (χ2n) is 5.04. The summed E-state index contributed by atoms with van der Waals surface area (Å²) in [4.78, 5) is 16.1. The lowest BCUT2D eigenvalue weighted by Gasteiger charge is -2.11. The van der Waals surface area contributed by atoms with Gasteiger partial charge in [-0.3, -0.25) is 4.79 Å². The maximum Gasteiger partial charge on any atom is 0.229 e. The lowest BCUT2D eigenvalue weighted by molar-refractivity contribution is -0.115. The second kappa shape index (κ2) is 7.06. The van der Waals surface area contributed by atoms with Crippen LogP contribution in [-0.4, -0.2) is 24.1 Å².